The van der Waals surface area contributed by atoms with E-state index in [-0.39, 0.29) is 36.6 Å². The van der Waals surface area contributed by atoms with Gasteiger partial charge >= 0.3 is 0 Å². The Morgan fingerprint density at radius 2 is 1.90 bits per heavy atom. The van der Waals surface area contributed by atoms with E-state index in [1.165, 1.54) is 11.1 Å². The Morgan fingerprint density at radius 1 is 1.19 bits per heavy atom. The van der Waals surface area contributed by atoms with E-state index in [2.05, 4.69) is 51.7 Å². The minimum atomic E-state index is -1.16. The number of aliphatic imine (C=N–C) groups is 1. The Kier molecular flexibility index (Phi) is 10.3. The number of benzene rings is 1. The molecule has 2 aromatic rings. The molecule has 8 heteroatoms. The van der Waals surface area contributed by atoms with Crippen molar-refractivity contribution in [3.63, 3.8) is 0 Å². The fourth-order valence-corrected chi connectivity index (χ4v) is 3.57. The number of nitrogens with zero attached hydrogens (tertiary/aromatic N) is 2. The van der Waals surface area contributed by atoms with Crippen LogP contribution in [0.3, 0.4) is 0 Å². The highest BCUT2D eigenvalue weighted by molar-refractivity contribution is 14.0. The monoisotopic (exact) mass is 542 g/mol. The standard InChI is InChI=1S/C23H34N4O3.HI/c1-4-24-22(26-17-23(3,28)21-6-5-13-30-21)25-16-20(27-11-14-29-15-12-27)19-9-7-18(2)8-10-19;/h5-10,13,20,28H,4,11-12,14-17H2,1-3H3,(H2,24,25,26);1H. The van der Waals surface area contributed by atoms with E-state index in [4.69, 9.17) is 9.15 Å². The highest BCUT2D eigenvalue weighted by Gasteiger charge is 2.27. The number of aliphatic hydroxyl groups is 1. The van der Waals surface area contributed by atoms with Gasteiger partial charge in [-0.1, -0.05) is 29.8 Å². The summed E-state index contributed by atoms with van der Waals surface area (Å²) in [5.41, 5.74) is 1.36. The molecule has 1 fully saturated rings. The molecule has 7 nitrogen and oxygen atoms in total. The van der Waals surface area contributed by atoms with E-state index in [0.29, 0.717) is 18.3 Å². The third kappa shape index (κ3) is 7.48. The molecule has 0 spiro atoms. The smallest absolute Gasteiger partial charge is 0.191 e. The first kappa shape index (κ1) is 25.6. The largest absolute Gasteiger partial charge is 0.466 e. The van der Waals surface area contributed by atoms with Gasteiger partial charge in [0, 0.05) is 26.2 Å². The summed E-state index contributed by atoms with van der Waals surface area (Å²) < 4.78 is 10.9. The SMILES string of the molecule is CCNC(=NCC(C)(O)c1ccco1)NCC(c1ccc(C)cc1)N1CCOCC1.I. The van der Waals surface area contributed by atoms with Gasteiger partial charge in [0.25, 0.3) is 0 Å². The van der Waals surface area contributed by atoms with Crippen LogP contribution in [0.5, 0.6) is 0 Å². The molecule has 31 heavy (non-hydrogen) atoms. The number of hydrogen-bond acceptors (Lipinski definition) is 5. The average Bonchev–Trinajstić information content (AvgIpc) is 3.30. The molecular weight excluding hydrogens is 507 g/mol. The number of aryl methyl sites for hydroxylation is 1. The van der Waals surface area contributed by atoms with Crippen LogP contribution in [0.25, 0.3) is 0 Å². The van der Waals surface area contributed by atoms with Crippen LogP contribution in [0.1, 0.15) is 36.8 Å². The highest BCUT2D eigenvalue weighted by Crippen LogP contribution is 2.23. The molecule has 172 valence electrons. The van der Waals surface area contributed by atoms with Gasteiger partial charge in [-0.15, -0.1) is 24.0 Å². The zero-order chi connectivity index (χ0) is 21.4. The van der Waals surface area contributed by atoms with Crippen molar-refractivity contribution in [3.8, 4) is 0 Å². The van der Waals surface area contributed by atoms with Crippen molar-refractivity contribution in [1.29, 1.82) is 0 Å². The molecule has 1 aliphatic heterocycles. The number of furan rings is 1. The molecule has 2 heterocycles. The topological polar surface area (TPSA) is 82.3 Å². The lowest BCUT2D eigenvalue weighted by Gasteiger charge is -2.35. The molecular formula is C23H35IN4O3. The molecule has 2 atom stereocenters. The van der Waals surface area contributed by atoms with Crippen LogP contribution in [0.15, 0.2) is 52.1 Å². The zero-order valence-electron chi connectivity index (χ0n) is 18.6. The lowest BCUT2D eigenvalue weighted by atomic mass is 10.0. The number of morpholine rings is 1. The number of nitrogens with one attached hydrogen (secondary N) is 2. The van der Waals surface area contributed by atoms with Crippen molar-refractivity contribution in [2.45, 2.75) is 32.4 Å². The van der Waals surface area contributed by atoms with E-state index >= 15 is 0 Å². The van der Waals surface area contributed by atoms with Gasteiger partial charge in [0.2, 0.25) is 0 Å². The van der Waals surface area contributed by atoms with Gasteiger partial charge in [-0.2, -0.15) is 0 Å². The number of ether oxygens (including phenoxy) is 1. The predicted molar refractivity (Wildman–Crippen MR) is 134 cm³/mol. The molecule has 2 unspecified atom stereocenters. The van der Waals surface area contributed by atoms with Gasteiger partial charge in [-0.05, 0) is 38.5 Å². The second-order valence-electron chi connectivity index (χ2n) is 7.90. The summed E-state index contributed by atoms with van der Waals surface area (Å²) in [4.78, 5) is 7.06. The van der Waals surface area contributed by atoms with Gasteiger partial charge in [-0.25, -0.2) is 4.99 Å². The minimum absolute atomic E-state index is 0. The van der Waals surface area contributed by atoms with Crippen molar-refractivity contribution in [3.05, 3.63) is 59.5 Å². The Hall–Kier alpha value is -1.62. The first-order chi connectivity index (χ1) is 14.5. The third-order valence-electron chi connectivity index (χ3n) is 5.35. The van der Waals surface area contributed by atoms with Crippen LogP contribution in [0.2, 0.25) is 0 Å². The number of hydrogen-bond donors (Lipinski definition) is 3. The maximum Gasteiger partial charge on any atom is 0.191 e. The maximum atomic E-state index is 10.7. The highest BCUT2D eigenvalue weighted by atomic mass is 127. The fourth-order valence-electron chi connectivity index (χ4n) is 3.57. The molecule has 1 aliphatic rings. The molecule has 0 saturated carbocycles. The molecule has 3 N–H and O–H groups in total. The van der Waals surface area contributed by atoms with Gasteiger partial charge in [-0.3, -0.25) is 4.90 Å². The Bertz CT molecular complexity index is 788. The van der Waals surface area contributed by atoms with E-state index in [1.54, 1.807) is 25.3 Å². The second-order valence-corrected chi connectivity index (χ2v) is 7.90. The van der Waals surface area contributed by atoms with E-state index in [0.717, 1.165) is 32.8 Å². The molecule has 1 aromatic heterocycles. The lowest BCUT2D eigenvalue weighted by molar-refractivity contribution is 0.0169. The first-order valence-electron chi connectivity index (χ1n) is 10.7. The third-order valence-corrected chi connectivity index (χ3v) is 5.35. The van der Waals surface area contributed by atoms with Gasteiger partial charge < -0.3 is 24.9 Å². The van der Waals surface area contributed by atoms with Crippen molar-refractivity contribution in [2.24, 2.45) is 4.99 Å². The number of halogens is 1. The van der Waals surface area contributed by atoms with Gasteiger partial charge in [0.15, 0.2) is 5.96 Å². The predicted octanol–water partition coefficient (Wildman–Crippen LogP) is 3.04. The molecule has 0 bridgehead atoms. The van der Waals surface area contributed by atoms with Crippen molar-refractivity contribution >= 4 is 29.9 Å². The van der Waals surface area contributed by atoms with Crippen LogP contribution in [0.4, 0.5) is 0 Å². The molecule has 1 aromatic carbocycles. The van der Waals surface area contributed by atoms with Gasteiger partial charge in [0.1, 0.15) is 11.4 Å². The molecule has 0 radical (unpaired) electrons. The molecule has 1 saturated heterocycles. The summed E-state index contributed by atoms with van der Waals surface area (Å²) in [5.74, 6) is 1.18. The summed E-state index contributed by atoms with van der Waals surface area (Å²) in [7, 11) is 0. The van der Waals surface area contributed by atoms with Crippen LogP contribution < -0.4 is 10.6 Å². The van der Waals surface area contributed by atoms with Crippen LogP contribution in [-0.4, -0.2) is 61.9 Å². The normalized spacial score (nSPS) is 18.0. The number of rotatable bonds is 8. The average molecular weight is 542 g/mol. The van der Waals surface area contributed by atoms with Crippen molar-refractivity contribution < 1.29 is 14.3 Å². The molecule has 0 aliphatic carbocycles. The zero-order valence-corrected chi connectivity index (χ0v) is 21.0. The Labute approximate surface area is 202 Å². The summed E-state index contributed by atoms with van der Waals surface area (Å²) in [5, 5.41) is 17.4. The lowest BCUT2D eigenvalue weighted by Crippen LogP contribution is -2.46. The van der Waals surface area contributed by atoms with E-state index in [9.17, 15) is 5.11 Å². The summed E-state index contributed by atoms with van der Waals surface area (Å²) in [6.45, 7) is 10.8. The van der Waals surface area contributed by atoms with Gasteiger partial charge in [0.05, 0.1) is 32.1 Å². The van der Waals surface area contributed by atoms with Crippen molar-refractivity contribution in [1.82, 2.24) is 15.5 Å². The number of guanidine groups is 1. The second kappa shape index (κ2) is 12.4. The quantitative estimate of drug-likeness (QED) is 0.271. The molecule has 0 amide bonds. The maximum absolute atomic E-state index is 10.7. The van der Waals surface area contributed by atoms with Crippen LogP contribution in [0, 0.1) is 6.92 Å². The Balaban J connectivity index is 0.00000341. The van der Waals surface area contributed by atoms with E-state index in [1.807, 2.05) is 6.92 Å². The van der Waals surface area contributed by atoms with Crippen LogP contribution >= 0.6 is 24.0 Å². The van der Waals surface area contributed by atoms with Crippen molar-refractivity contribution in [2.75, 3.05) is 45.9 Å². The summed E-state index contributed by atoms with van der Waals surface area (Å²) >= 11 is 0. The molecule has 3 rings (SSSR count). The van der Waals surface area contributed by atoms with Crippen LogP contribution in [-0.2, 0) is 10.3 Å². The fraction of sp³-hybridized carbons (Fsp3) is 0.522. The Morgan fingerprint density at radius 3 is 2.52 bits per heavy atom. The summed E-state index contributed by atoms with van der Waals surface area (Å²) in [6, 6.07) is 12.5. The van der Waals surface area contributed by atoms with E-state index < -0.39 is 5.60 Å². The summed E-state index contributed by atoms with van der Waals surface area (Å²) in [6.07, 6.45) is 1.56. The minimum Gasteiger partial charge on any atom is -0.466 e. The first-order valence-corrected chi connectivity index (χ1v) is 10.7.